The smallest absolute Gasteiger partial charge is 0.201 e. The molecule has 0 aliphatic heterocycles. The van der Waals surface area contributed by atoms with Gasteiger partial charge in [0.05, 0.1) is 24.7 Å². The van der Waals surface area contributed by atoms with Crippen LogP contribution in [0.4, 0.5) is 5.95 Å². The molecule has 2 aromatic heterocycles. The first kappa shape index (κ1) is 12.0. The van der Waals surface area contributed by atoms with Crippen LogP contribution in [0, 0.1) is 6.92 Å². The van der Waals surface area contributed by atoms with E-state index in [-0.39, 0.29) is 0 Å². The molecule has 3 aromatic rings. The summed E-state index contributed by atoms with van der Waals surface area (Å²) in [7, 11) is 1.66. The number of ether oxygens (including phenoxy) is 1. The Balaban J connectivity index is 2.08. The van der Waals surface area contributed by atoms with Gasteiger partial charge < -0.3 is 15.0 Å². The molecule has 0 fully saturated rings. The average molecular weight is 273 g/mol. The van der Waals surface area contributed by atoms with E-state index in [1.807, 2.05) is 22.8 Å². The van der Waals surface area contributed by atoms with Crippen molar-refractivity contribution in [1.82, 2.24) is 9.55 Å². The van der Waals surface area contributed by atoms with Crippen molar-refractivity contribution in [3.05, 3.63) is 40.1 Å². The summed E-state index contributed by atoms with van der Waals surface area (Å²) < 4.78 is 7.28. The lowest BCUT2D eigenvalue weighted by Gasteiger charge is -2.05. The molecule has 0 amide bonds. The topological polar surface area (TPSA) is 53.1 Å². The number of nitrogens with two attached hydrogens (primary N) is 1. The van der Waals surface area contributed by atoms with Gasteiger partial charge in [-0.05, 0) is 31.2 Å². The van der Waals surface area contributed by atoms with Crippen LogP contribution in [-0.4, -0.2) is 16.7 Å². The van der Waals surface area contributed by atoms with Crippen LogP contribution >= 0.6 is 11.3 Å². The van der Waals surface area contributed by atoms with Crippen molar-refractivity contribution in [2.45, 2.75) is 13.5 Å². The van der Waals surface area contributed by atoms with E-state index >= 15 is 0 Å². The minimum atomic E-state index is 0.536. The summed E-state index contributed by atoms with van der Waals surface area (Å²) in [6.07, 6.45) is 0. The van der Waals surface area contributed by atoms with Gasteiger partial charge in [0.25, 0.3) is 0 Å². The van der Waals surface area contributed by atoms with Gasteiger partial charge in [0.1, 0.15) is 5.75 Å². The fraction of sp³-hybridized carbons (Fsp3) is 0.214. The number of methoxy groups -OCH3 is 1. The highest BCUT2D eigenvalue weighted by atomic mass is 32.1. The molecule has 0 aliphatic carbocycles. The first-order valence-electron chi connectivity index (χ1n) is 6.02. The normalized spacial score (nSPS) is 11.1. The van der Waals surface area contributed by atoms with Crippen LogP contribution in [0.2, 0.25) is 0 Å². The molecule has 0 atom stereocenters. The van der Waals surface area contributed by atoms with Crippen molar-refractivity contribution in [3.63, 3.8) is 0 Å². The maximum atomic E-state index is 6.02. The van der Waals surface area contributed by atoms with Crippen LogP contribution in [-0.2, 0) is 6.54 Å². The Labute approximate surface area is 115 Å². The Bertz CT molecular complexity index is 729. The Morgan fingerprint density at radius 2 is 2.16 bits per heavy atom. The van der Waals surface area contributed by atoms with Crippen molar-refractivity contribution in [2.24, 2.45) is 0 Å². The largest absolute Gasteiger partial charge is 0.497 e. The molecule has 0 aliphatic rings. The van der Waals surface area contributed by atoms with Crippen molar-refractivity contribution in [3.8, 4) is 5.75 Å². The minimum Gasteiger partial charge on any atom is -0.497 e. The number of hydrogen-bond donors (Lipinski definition) is 1. The number of aryl methyl sites for hydroxylation is 1. The van der Waals surface area contributed by atoms with Crippen LogP contribution in [0.25, 0.3) is 11.0 Å². The maximum Gasteiger partial charge on any atom is 0.201 e. The summed E-state index contributed by atoms with van der Waals surface area (Å²) in [5.41, 5.74) is 7.91. The maximum absolute atomic E-state index is 6.02. The summed E-state index contributed by atoms with van der Waals surface area (Å²) >= 11 is 1.78. The first-order valence-corrected chi connectivity index (χ1v) is 6.84. The molecule has 4 nitrogen and oxygen atoms in total. The quantitative estimate of drug-likeness (QED) is 0.798. The van der Waals surface area contributed by atoms with Gasteiger partial charge in [-0.3, -0.25) is 0 Å². The van der Waals surface area contributed by atoms with E-state index in [1.165, 1.54) is 9.75 Å². The number of benzene rings is 1. The SMILES string of the molecule is COc1ccc2nc(N)n(Cc3ccc(C)s3)c2c1. The Hall–Kier alpha value is -2.01. The lowest BCUT2D eigenvalue weighted by Crippen LogP contribution is -2.03. The summed E-state index contributed by atoms with van der Waals surface area (Å²) in [4.78, 5) is 6.95. The predicted molar refractivity (Wildman–Crippen MR) is 78.9 cm³/mol. The third kappa shape index (κ3) is 2.17. The van der Waals surface area contributed by atoms with Crippen molar-refractivity contribution in [1.29, 1.82) is 0 Å². The molecule has 5 heteroatoms. The highest BCUT2D eigenvalue weighted by molar-refractivity contribution is 7.11. The van der Waals surface area contributed by atoms with Crippen LogP contribution in [0.15, 0.2) is 30.3 Å². The second-order valence-corrected chi connectivity index (χ2v) is 5.80. The Morgan fingerprint density at radius 3 is 2.84 bits per heavy atom. The number of thiophene rings is 1. The Kier molecular flexibility index (Phi) is 2.91. The molecular weight excluding hydrogens is 258 g/mol. The summed E-state index contributed by atoms with van der Waals surface area (Å²) in [6.45, 7) is 2.85. The molecule has 1 aromatic carbocycles. The zero-order valence-electron chi connectivity index (χ0n) is 10.9. The molecule has 0 spiro atoms. The van der Waals surface area contributed by atoms with Gasteiger partial charge in [-0.1, -0.05) is 0 Å². The standard InChI is InChI=1S/C14H15N3OS/c1-9-3-5-11(19-9)8-17-13-7-10(18-2)4-6-12(13)16-14(17)15/h3-7H,8H2,1-2H3,(H2,15,16). The van der Waals surface area contributed by atoms with Crippen LogP contribution in [0.3, 0.4) is 0 Å². The monoisotopic (exact) mass is 273 g/mol. The fourth-order valence-electron chi connectivity index (χ4n) is 2.14. The van der Waals surface area contributed by atoms with E-state index in [0.29, 0.717) is 5.95 Å². The third-order valence-electron chi connectivity index (χ3n) is 3.09. The van der Waals surface area contributed by atoms with E-state index in [2.05, 4.69) is 24.0 Å². The third-order valence-corrected chi connectivity index (χ3v) is 4.08. The van der Waals surface area contributed by atoms with Gasteiger partial charge in [-0.15, -0.1) is 11.3 Å². The molecule has 0 bridgehead atoms. The molecule has 19 heavy (non-hydrogen) atoms. The van der Waals surface area contributed by atoms with Crippen LogP contribution in [0.1, 0.15) is 9.75 Å². The molecule has 98 valence electrons. The fourth-order valence-corrected chi connectivity index (χ4v) is 3.02. The Morgan fingerprint density at radius 1 is 1.32 bits per heavy atom. The van der Waals surface area contributed by atoms with E-state index in [9.17, 15) is 0 Å². The zero-order chi connectivity index (χ0) is 13.4. The number of rotatable bonds is 3. The zero-order valence-corrected chi connectivity index (χ0v) is 11.7. The predicted octanol–water partition coefficient (Wildman–Crippen LogP) is 3.05. The second kappa shape index (κ2) is 4.59. The highest BCUT2D eigenvalue weighted by Crippen LogP contribution is 2.25. The van der Waals surface area contributed by atoms with Gasteiger partial charge in [0, 0.05) is 15.8 Å². The summed E-state index contributed by atoms with van der Waals surface area (Å²) in [5, 5.41) is 0. The number of nitrogen functional groups attached to an aromatic ring is 1. The summed E-state index contributed by atoms with van der Waals surface area (Å²) in [5.74, 6) is 1.35. The van der Waals surface area contributed by atoms with Crippen molar-refractivity contribution < 1.29 is 4.74 Å². The molecular formula is C14H15N3OS. The molecule has 0 saturated carbocycles. The molecule has 0 unspecified atom stereocenters. The average Bonchev–Trinajstić information content (AvgIpc) is 2.94. The minimum absolute atomic E-state index is 0.536. The van der Waals surface area contributed by atoms with Crippen LogP contribution in [0.5, 0.6) is 5.75 Å². The van der Waals surface area contributed by atoms with Gasteiger partial charge >= 0.3 is 0 Å². The lowest BCUT2D eigenvalue weighted by molar-refractivity contribution is 0.415. The molecule has 0 radical (unpaired) electrons. The molecule has 2 heterocycles. The number of aromatic nitrogens is 2. The molecule has 2 N–H and O–H groups in total. The van der Waals surface area contributed by atoms with E-state index in [1.54, 1.807) is 18.4 Å². The number of imidazole rings is 1. The van der Waals surface area contributed by atoms with Gasteiger partial charge in [-0.2, -0.15) is 0 Å². The van der Waals surface area contributed by atoms with E-state index in [4.69, 9.17) is 10.5 Å². The second-order valence-electron chi connectivity index (χ2n) is 4.42. The number of hydrogen-bond acceptors (Lipinski definition) is 4. The van der Waals surface area contributed by atoms with Crippen molar-refractivity contribution >= 4 is 28.3 Å². The van der Waals surface area contributed by atoms with Crippen molar-refractivity contribution in [2.75, 3.05) is 12.8 Å². The van der Waals surface area contributed by atoms with Crippen LogP contribution < -0.4 is 10.5 Å². The van der Waals surface area contributed by atoms with Gasteiger partial charge in [-0.25, -0.2) is 4.98 Å². The molecule has 0 saturated heterocycles. The van der Waals surface area contributed by atoms with Gasteiger partial charge in [0.15, 0.2) is 0 Å². The lowest BCUT2D eigenvalue weighted by atomic mass is 10.3. The van der Waals surface area contributed by atoms with E-state index in [0.717, 1.165) is 23.3 Å². The van der Waals surface area contributed by atoms with E-state index < -0.39 is 0 Å². The molecule has 3 rings (SSSR count). The number of fused-ring (bicyclic) bond motifs is 1. The highest BCUT2D eigenvalue weighted by Gasteiger charge is 2.10. The first-order chi connectivity index (χ1) is 9.17. The van der Waals surface area contributed by atoms with Gasteiger partial charge in [0.2, 0.25) is 5.95 Å². The summed E-state index contributed by atoms with van der Waals surface area (Å²) in [6, 6.07) is 10.1. The number of anilines is 1. The number of nitrogens with zero attached hydrogens (tertiary/aromatic N) is 2.